The first kappa shape index (κ1) is 14.7. The zero-order valence-corrected chi connectivity index (χ0v) is 11.3. The molecule has 110 valence electrons. The number of piperidine rings is 1. The van der Waals surface area contributed by atoms with Crippen molar-refractivity contribution in [1.82, 2.24) is 10.2 Å². The van der Waals surface area contributed by atoms with Crippen LogP contribution in [0.3, 0.4) is 0 Å². The van der Waals surface area contributed by atoms with Gasteiger partial charge in [-0.05, 0) is 25.2 Å². The van der Waals surface area contributed by atoms with Gasteiger partial charge in [-0.15, -0.1) is 0 Å². The molecular weight excluding hydrogens is 254 g/mol. The quantitative estimate of drug-likeness (QED) is 0.738. The van der Waals surface area contributed by atoms with Gasteiger partial charge >= 0.3 is 5.97 Å². The Morgan fingerprint density at radius 2 is 2.16 bits per heavy atom. The summed E-state index contributed by atoms with van der Waals surface area (Å²) in [5.41, 5.74) is 0. The Bertz CT molecular complexity index is 311. The Kier molecular flexibility index (Phi) is 5.10. The van der Waals surface area contributed by atoms with Gasteiger partial charge in [0.1, 0.15) is 0 Å². The number of hydrogen-bond donors (Lipinski definition) is 1. The number of hydrogen-bond acceptors (Lipinski definition) is 4. The third kappa shape index (κ3) is 4.69. The van der Waals surface area contributed by atoms with Gasteiger partial charge in [-0.3, -0.25) is 4.79 Å². The summed E-state index contributed by atoms with van der Waals surface area (Å²) in [6, 6.07) is -0.0504. The van der Waals surface area contributed by atoms with E-state index in [2.05, 4.69) is 10.2 Å². The van der Waals surface area contributed by atoms with E-state index in [1.165, 1.54) is 20.0 Å². The number of methoxy groups -OCH3 is 1. The summed E-state index contributed by atoms with van der Waals surface area (Å²) < 4.78 is 29.3. The number of esters is 1. The molecule has 0 amide bonds. The highest BCUT2D eigenvalue weighted by molar-refractivity contribution is 5.72. The maximum absolute atomic E-state index is 12.3. The number of carbonyl (C=O) groups excluding carboxylic acids is 1. The molecule has 0 aromatic carbocycles. The average molecular weight is 276 g/mol. The molecule has 0 radical (unpaired) electrons. The predicted molar refractivity (Wildman–Crippen MR) is 67.1 cm³/mol. The van der Waals surface area contributed by atoms with Crippen LogP contribution in [0.1, 0.15) is 19.3 Å². The minimum absolute atomic E-state index is 0.0504. The van der Waals surface area contributed by atoms with Crippen LogP contribution in [0.5, 0.6) is 0 Å². The molecule has 1 heterocycles. The summed E-state index contributed by atoms with van der Waals surface area (Å²) in [5.74, 6) is 0.296. The lowest BCUT2D eigenvalue weighted by Crippen LogP contribution is -2.52. The van der Waals surface area contributed by atoms with Crippen LogP contribution in [0, 0.1) is 11.8 Å². The molecule has 2 fully saturated rings. The van der Waals surface area contributed by atoms with E-state index < -0.39 is 6.43 Å². The first-order chi connectivity index (χ1) is 9.08. The minimum Gasteiger partial charge on any atom is -0.469 e. The van der Waals surface area contributed by atoms with Crippen molar-refractivity contribution in [2.45, 2.75) is 31.7 Å². The van der Waals surface area contributed by atoms with Crippen LogP contribution >= 0.6 is 0 Å². The molecule has 0 spiro atoms. The van der Waals surface area contributed by atoms with E-state index in [0.29, 0.717) is 13.0 Å². The van der Waals surface area contributed by atoms with Gasteiger partial charge in [0.25, 0.3) is 6.43 Å². The Morgan fingerprint density at radius 1 is 1.42 bits per heavy atom. The van der Waals surface area contributed by atoms with Gasteiger partial charge in [-0.1, -0.05) is 0 Å². The molecular formula is C13H22F2N2O2. The highest BCUT2D eigenvalue weighted by Crippen LogP contribution is 2.31. The van der Waals surface area contributed by atoms with Gasteiger partial charge in [-0.2, -0.15) is 0 Å². The number of carbonyl (C=O) groups is 1. The molecule has 6 heteroatoms. The molecule has 2 aliphatic rings. The van der Waals surface area contributed by atoms with Crippen molar-refractivity contribution in [3.05, 3.63) is 0 Å². The number of nitrogens with one attached hydrogen (secondary N) is 1. The molecule has 4 nitrogen and oxygen atoms in total. The minimum atomic E-state index is -2.35. The number of ether oxygens (including phenoxy) is 1. The highest BCUT2D eigenvalue weighted by atomic mass is 19.3. The Balaban J connectivity index is 1.88. The summed E-state index contributed by atoms with van der Waals surface area (Å²) in [6.07, 6.45) is 0.722. The van der Waals surface area contributed by atoms with Gasteiger partial charge < -0.3 is 15.0 Å². The summed E-state index contributed by atoms with van der Waals surface area (Å²) in [5, 5.41) is 2.85. The van der Waals surface area contributed by atoms with Crippen LogP contribution in [-0.4, -0.2) is 56.6 Å². The standard InChI is InChI=1S/C13H22F2N2O2/c1-19-13(18)10-4-11(16-5-12(14)15)8-17(7-10)6-9-2-3-9/h9-12,16H,2-8H2,1H3. The number of likely N-dealkylation sites (tertiary alicyclic amines) is 1. The van der Waals surface area contributed by atoms with E-state index in [4.69, 9.17) is 4.74 Å². The average Bonchev–Trinajstić information content (AvgIpc) is 3.19. The first-order valence-electron chi connectivity index (χ1n) is 6.90. The molecule has 0 bridgehead atoms. The fraction of sp³-hybridized carbons (Fsp3) is 0.923. The number of rotatable bonds is 6. The van der Waals surface area contributed by atoms with E-state index in [1.807, 2.05) is 0 Å². The van der Waals surface area contributed by atoms with E-state index in [1.54, 1.807) is 0 Å². The molecule has 19 heavy (non-hydrogen) atoms. The predicted octanol–water partition coefficient (Wildman–Crippen LogP) is 1.11. The molecule has 2 rings (SSSR count). The Labute approximate surface area is 112 Å². The van der Waals surface area contributed by atoms with Crippen LogP contribution in [0.15, 0.2) is 0 Å². The van der Waals surface area contributed by atoms with E-state index in [-0.39, 0.29) is 24.5 Å². The Hall–Kier alpha value is -0.750. The van der Waals surface area contributed by atoms with Crippen LogP contribution in [0.25, 0.3) is 0 Å². The monoisotopic (exact) mass is 276 g/mol. The lowest BCUT2D eigenvalue weighted by molar-refractivity contribution is -0.147. The third-order valence-corrected chi connectivity index (χ3v) is 3.83. The fourth-order valence-corrected chi connectivity index (χ4v) is 2.75. The van der Waals surface area contributed by atoms with E-state index >= 15 is 0 Å². The summed E-state index contributed by atoms with van der Waals surface area (Å²) in [4.78, 5) is 13.9. The molecule has 2 unspecified atom stereocenters. The van der Waals surface area contributed by atoms with Crippen molar-refractivity contribution in [2.75, 3.05) is 33.3 Å². The summed E-state index contributed by atoms with van der Waals surface area (Å²) >= 11 is 0. The van der Waals surface area contributed by atoms with Crippen molar-refractivity contribution in [2.24, 2.45) is 11.8 Å². The molecule has 1 aliphatic heterocycles. The molecule has 0 aromatic heterocycles. The second kappa shape index (κ2) is 6.61. The number of alkyl halides is 2. The van der Waals surface area contributed by atoms with Crippen LogP contribution in [0.4, 0.5) is 8.78 Å². The zero-order chi connectivity index (χ0) is 13.8. The maximum Gasteiger partial charge on any atom is 0.310 e. The molecule has 1 N–H and O–H groups in total. The number of nitrogens with zero attached hydrogens (tertiary/aromatic N) is 1. The van der Waals surface area contributed by atoms with E-state index in [9.17, 15) is 13.6 Å². The Morgan fingerprint density at radius 3 is 2.74 bits per heavy atom. The second-order valence-electron chi connectivity index (χ2n) is 5.61. The van der Waals surface area contributed by atoms with Crippen molar-refractivity contribution < 1.29 is 18.3 Å². The molecule has 0 aromatic rings. The van der Waals surface area contributed by atoms with Gasteiger partial charge in [-0.25, -0.2) is 8.78 Å². The SMILES string of the molecule is COC(=O)C1CC(NCC(F)F)CN(CC2CC2)C1. The first-order valence-corrected chi connectivity index (χ1v) is 6.90. The lowest BCUT2D eigenvalue weighted by Gasteiger charge is -2.37. The maximum atomic E-state index is 12.3. The third-order valence-electron chi connectivity index (χ3n) is 3.83. The van der Waals surface area contributed by atoms with Crippen molar-refractivity contribution in [3.63, 3.8) is 0 Å². The van der Waals surface area contributed by atoms with Crippen LogP contribution in [-0.2, 0) is 9.53 Å². The van der Waals surface area contributed by atoms with Gasteiger partial charge in [0.15, 0.2) is 0 Å². The summed E-state index contributed by atoms with van der Waals surface area (Å²) in [7, 11) is 1.38. The summed E-state index contributed by atoms with van der Waals surface area (Å²) in [6.45, 7) is 2.10. The van der Waals surface area contributed by atoms with E-state index in [0.717, 1.165) is 19.0 Å². The van der Waals surface area contributed by atoms with Crippen molar-refractivity contribution in [1.29, 1.82) is 0 Å². The lowest BCUT2D eigenvalue weighted by atomic mass is 9.94. The molecule has 1 saturated heterocycles. The molecule has 1 saturated carbocycles. The highest BCUT2D eigenvalue weighted by Gasteiger charge is 2.34. The topological polar surface area (TPSA) is 41.6 Å². The smallest absolute Gasteiger partial charge is 0.310 e. The molecule has 1 aliphatic carbocycles. The number of halogens is 2. The molecule has 2 atom stereocenters. The van der Waals surface area contributed by atoms with Crippen molar-refractivity contribution >= 4 is 5.97 Å². The van der Waals surface area contributed by atoms with Gasteiger partial charge in [0.2, 0.25) is 0 Å². The zero-order valence-electron chi connectivity index (χ0n) is 11.3. The fourth-order valence-electron chi connectivity index (χ4n) is 2.75. The van der Waals surface area contributed by atoms with Gasteiger partial charge in [0.05, 0.1) is 19.6 Å². The van der Waals surface area contributed by atoms with Crippen LogP contribution < -0.4 is 5.32 Å². The van der Waals surface area contributed by atoms with Crippen LogP contribution in [0.2, 0.25) is 0 Å². The largest absolute Gasteiger partial charge is 0.469 e. The second-order valence-corrected chi connectivity index (χ2v) is 5.61. The van der Waals surface area contributed by atoms with Gasteiger partial charge in [0, 0.05) is 25.7 Å². The van der Waals surface area contributed by atoms with Crippen molar-refractivity contribution in [3.8, 4) is 0 Å². The normalized spacial score (nSPS) is 28.6.